The molecule has 134 valence electrons. The summed E-state index contributed by atoms with van der Waals surface area (Å²) in [4.78, 5) is 27.0. The van der Waals surface area contributed by atoms with E-state index in [9.17, 15) is 9.59 Å². The molecule has 1 aromatic heterocycles. The number of halogens is 2. The Morgan fingerprint density at radius 3 is 2.07 bits per heavy atom. The van der Waals surface area contributed by atoms with Gasteiger partial charge in [0.25, 0.3) is 5.91 Å². The number of ketones is 1. The number of carbonyl (C=O) groups excluding carboxylic acids is 2. The van der Waals surface area contributed by atoms with Crippen LogP contribution in [0.25, 0.3) is 5.70 Å². The van der Waals surface area contributed by atoms with E-state index in [-0.39, 0.29) is 5.03 Å². The highest BCUT2D eigenvalue weighted by atomic mass is 35.5. The minimum atomic E-state index is -1.91. The molecule has 1 aliphatic rings. The van der Waals surface area contributed by atoms with Crippen molar-refractivity contribution in [2.45, 2.75) is 4.87 Å². The van der Waals surface area contributed by atoms with Gasteiger partial charge in [0.05, 0.1) is 10.6 Å². The van der Waals surface area contributed by atoms with Gasteiger partial charge in [0.2, 0.25) is 10.7 Å². The van der Waals surface area contributed by atoms with Crippen molar-refractivity contribution >= 4 is 57.6 Å². The Kier molecular flexibility index (Phi) is 4.64. The van der Waals surface area contributed by atoms with E-state index in [2.05, 4.69) is 0 Å². The first-order valence-corrected chi connectivity index (χ1v) is 9.81. The molecule has 1 aliphatic heterocycles. The highest BCUT2D eigenvalue weighted by Crippen LogP contribution is 2.46. The zero-order valence-electron chi connectivity index (χ0n) is 13.9. The Morgan fingerprint density at radius 1 is 0.852 bits per heavy atom. The predicted octanol–water partition coefficient (Wildman–Crippen LogP) is 5.41. The number of anilines is 1. The number of allylic oxidation sites excluding steroid dienone is 1. The number of nitrogens with zero attached hydrogens (tertiary/aromatic N) is 1. The van der Waals surface area contributed by atoms with Crippen molar-refractivity contribution < 1.29 is 9.59 Å². The molecule has 0 saturated heterocycles. The van der Waals surface area contributed by atoms with Gasteiger partial charge in [-0.3, -0.25) is 14.5 Å². The van der Waals surface area contributed by atoms with Crippen LogP contribution in [0, 0.1) is 0 Å². The van der Waals surface area contributed by atoms with Crippen LogP contribution in [0.2, 0.25) is 0 Å². The fourth-order valence-corrected chi connectivity index (χ4v) is 4.59. The van der Waals surface area contributed by atoms with E-state index in [0.29, 0.717) is 16.9 Å². The van der Waals surface area contributed by atoms with E-state index in [0.717, 1.165) is 4.88 Å². The fraction of sp³-hybridized carbons (Fsp3) is 0.0476. The van der Waals surface area contributed by atoms with E-state index in [4.69, 9.17) is 23.2 Å². The first-order valence-electron chi connectivity index (χ1n) is 8.17. The van der Waals surface area contributed by atoms with Gasteiger partial charge in [-0.2, -0.15) is 0 Å². The highest BCUT2D eigenvalue weighted by Gasteiger charge is 2.54. The zero-order valence-corrected chi connectivity index (χ0v) is 16.3. The lowest BCUT2D eigenvalue weighted by Gasteiger charge is -2.38. The maximum atomic E-state index is 13.6. The van der Waals surface area contributed by atoms with Gasteiger partial charge in [0.15, 0.2) is 0 Å². The lowest BCUT2D eigenvalue weighted by molar-refractivity contribution is -0.129. The molecule has 6 heteroatoms. The molecule has 0 radical (unpaired) electrons. The number of para-hydroxylation sites is 1. The molecule has 2 aromatic carbocycles. The molecule has 4 rings (SSSR count). The molecule has 1 amide bonds. The maximum absolute atomic E-state index is 13.6. The number of thiophene rings is 1. The number of rotatable bonds is 3. The Balaban J connectivity index is 1.99. The van der Waals surface area contributed by atoms with Gasteiger partial charge in [-0.15, -0.1) is 11.3 Å². The number of carbonyl (C=O) groups is 2. The van der Waals surface area contributed by atoms with Crippen LogP contribution in [-0.2, 0) is 14.5 Å². The Morgan fingerprint density at radius 2 is 1.48 bits per heavy atom. The molecule has 0 spiro atoms. The summed E-state index contributed by atoms with van der Waals surface area (Å²) in [6.07, 6.45) is 0. The molecule has 1 atom stereocenters. The van der Waals surface area contributed by atoms with Gasteiger partial charge < -0.3 is 0 Å². The van der Waals surface area contributed by atoms with Crippen molar-refractivity contribution in [3.8, 4) is 0 Å². The average molecular weight is 414 g/mol. The SMILES string of the molecule is O=C1C(Cl)=C(c2cccs2)N(c2ccccc2)C(=O)C1(Cl)c1ccccc1. The monoisotopic (exact) mass is 413 g/mol. The van der Waals surface area contributed by atoms with Crippen LogP contribution in [0.3, 0.4) is 0 Å². The summed E-state index contributed by atoms with van der Waals surface area (Å²) < 4.78 is 0. The second kappa shape index (κ2) is 6.97. The molecular formula is C21H13Cl2NO2S. The zero-order chi connectivity index (χ0) is 19.0. The van der Waals surface area contributed by atoms with Crippen molar-refractivity contribution in [3.63, 3.8) is 0 Å². The highest BCUT2D eigenvalue weighted by molar-refractivity contribution is 7.11. The number of Topliss-reactive ketones (excluding diaryl/α,β-unsaturated/α-hetero) is 1. The topological polar surface area (TPSA) is 37.4 Å². The lowest BCUT2D eigenvalue weighted by Crippen LogP contribution is -2.52. The quantitative estimate of drug-likeness (QED) is 0.425. The molecule has 2 heterocycles. The standard InChI is InChI=1S/C21H13Cl2NO2S/c22-17-18(16-12-7-13-27-16)24(15-10-5-2-6-11-15)20(26)21(23,19(17)25)14-8-3-1-4-9-14/h1-13H. The van der Waals surface area contributed by atoms with Crippen LogP contribution in [-0.4, -0.2) is 11.7 Å². The second-order valence-corrected chi connectivity index (χ2v) is 7.86. The Labute approximate surface area is 170 Å². The minimum Gasteiger partial charge on any atom is -0.290 e. The van der Waals surface area contributed by atoms with Crippen LogP contribution in [0.4, 0.5) is 5.69 Å². The smallest absolute Gasteiger partial charge is 0.265 e. The van der Waals surface area contributed by atoms with Crippen molar-refractivity contribution in [1.82, 2.24) is 0 Å². The molecule has 0 saturated carbocycles. The van der Waals surface area contributed by atoms with Gasteiger partial charge in [-0.25, -0.2) is 0 Å². The van der Waals surface area contributed by atoms with E-state index in [1.54, 1.807) is 42.5 Å². The first kappa shape index (κ1) is 18.0. The number of alkyl halides is 1. The molecule has 0 aliphatic carbocycles. The molecular weight excluding hydrogens is 401 g/mol. The average Bonchev–Trinajstić information content (AvgIpc) is 3.24. The van der Waals surface area contributed by atoms with Gasteiger partial charge in [-0.1, -0.05) is 77.8 Å². The van der Waals surface area contributed by atoms with Crippen molar-refractivity contribution in [2.75, 3.05) is 4.90 Å². The third kappa shape index (κ3) is 2.81. The first-order chi connectivity index (χ1) is 13.0. The van der Waals surface area contributed by atoms with Gasteiger partial charge in [-0.05, 0) is 29.1 Å². The molecule has 0 N–H and O–H groups in total. The van der Waals surface area contributed by atoms with E-state index in [1.807, 2.05) is 35.7 Å². The summed E-state index contributed by atoms with van der Waals surface area (Å²) in [5, 5.41) is 1.81. The summed E-state index contributed by atoms with van der Waals surface area (Å²) in [5.74, 6) is -1.16. The lowest BCUT2D eigenvalue weighted by atomic mass is 9.87. The number of hydrogen-bond acceptors (Lipinski definition) is 3. The summed E-state index contributed by atoms with van der Waals surface area (Å²) >= 11 is 14.6. The van der Waals surface area contributed by atoms with Crippen molar-refractivity contribution in [1.29, 1.82) is 0 Å². The molecule has 3 nitrogen and oxygen atoms in total. The van der Waals surface area contributed by atoms with Crippen LogP contribution < -0.4 is 4.90 Å². The third-order valence-electron chi connectivity index (χ3n) is 4.38. The Hall–Kier alpha value is -2.40. The van der Waals surface area contributed by atoms with Gasteiger partial charge in [0, 0.05) is 5.69 Å². The minimum absolute atomic E-state index is 0.0558. The Bertz CT molecular complexity index is 1030. The van der Waals surface area contributed by atoms with Crippen LogP contribution in [0.1, 0.15) is 10.4 Å². The predicted molar refractivity (Wildman–Crippen MR) is 110 cm³/mol. The number of hydrogen-bond donors (Lipinski definition) is 0. The summed E-state index contributed by atoms with van der Waals surface area (Å²) in [7, 11) is 0. The normalized spacial score (nSPS) is 20.3. The second-order valence-electron chi connectivity index (χ2n) is 5.97. The number of benzene rings is 2. The van der Waals surface area contributed by atoms with Crippen molar-refractivity contribution in [3.05, 3.63) is 93.6 Å². The van der Waals surface area contributed by atoms with Crippen LogP contribution >= 0.6 is 34.5 Å². The molecule has 1 unspecified atom stereocenters. The maximum Gasteiger partial charge on any atom is 0.265 e. The van der Waals surface area contributed by atoms with Gasteiger partial charge >= 0.3 is 0 Å². The summed E-state index contributed by atoms with van der Waals surface area (Å²) in [6.45, 7) is 0. The van der Waals surface area contributed by atoms with E-state index < -0.39 is 16.6 Å². The summed E-state index contributed by atoms with van der Waals surface area (Å²) in [5.41, 5.74) is 1.35. The van der Waals surface area contributed by atoms with Crippen molar-refractivity contribution in [2.24, 2.45) is 0 Å². The van der Waals surface area contributed by atoms with E-state index in [1.165, 1.54) is 16.2 Å². The molecule has 0 fully saturated rings. The van der Waals surface area contributed by atoms with Gasteiger partial charge in [0.1, 0.15) is 5.03 Å². The largest absolute Gasteiger partial charge is 0.290 e. The van der Waals surface area contributed by atoms with E-state index >= 15 is 0 Å². The third-order valence-corrected chi connectivity index (χ3v) is 6.16. The summed E-state index contributed by atoms with van der Waals surface area (Å²) in [6, 6.07) is 21.3. The molecule has 0 bridgehead atoms. The van der Waals surface area contributed by atoms with Crippen LogP contribution in [0.15, 0.2) is 83.2 Å². The molecule has 27 heavy (non-hydrogen) atoms. The number of amides is 1. The molecule has 3 aromatic rings. The van der Waals surface area contributed by atoms with Crippen LogP contribution in [0.5, 0.6) is 0 Å². The fourth-order valence-electron chi connectivity index (χ4n) is 3.09.